The summed E-state index contributed by atoms with van der Waals surface area (Å²) in [6.45, 7) is 15.4. The first-order valence-electron chi connectivity index (χ1n) is 7.99. The van der Waals surface area contributed by atoms with Crippen LogP contribution in [0.5, 0.6) is 0 Å². The summed E-state index contributed by atoms with van der Waals surface area (Å²) in [4.78, 5) is 16.1. The molecule has 0 aromatic rings. The Morgan fingerprint density at radius 1 is 1.09 bits per heavy atom. The van der Waals surface area contributed by atoms with Crippen molar-refractivity contribution in [3.8, 4) is 0 Å². The van der Waals surface area contributed by atoms with E-state index in [2.05, 4.69) is 48.6 Å². The van der Waals surface area contributed by atoms with E-state index in [1.165, 1.54) is 0 Å². The van der Waals surface area contributed by atoms with Gasteiger partial charge in [0.1, 0.15) is 5.60 Å². The smallest absolute Gasteiger partial charge is 0.407 e. The first kappa shape index (κ1) is 20.5. The van der Waals surface area contributed by atoms with E-state index in [1.54, 1.807) is 7.05 Å². The topological polar surface area (TPSA) is 74.8 Å². The van der Waals surface area contributed by atoms with Crippen LogP contribution < -0.4 is 16.0 Å². The predicted octanol–water partition coefficient (Wildman–Crippen LogP) is 2.36. The van der Waals surface area contributed by atoms with Crippen molar-refractivity contribution in [1.29, 1.82) is 0 Å². The Morgan fingerprint density at radius 2 is 1.64 bits per heavy atom. The van der Waals surface area contributed by atoms with Gasteiger partial charge >= 0.3 is 6.09 Å². The molecule has 1 amide bonds. The minimum Gasteiger partial charge on any atom is -0.444 e. The number of amides is 1. The first-order chi connectivity index (χ1) is 10.0. The van der Waals surface area contributed by atoms with Gasteiger partial charge < -0.3 is 20.7 Å². The monoisotopic (exact) mass is 314 g/mol. The number of rotatable bonds is 6. The van der Waals surface area contributed by atoms with Crippen LogP contribution in [-0.4, -0.2) is 43.8 Å². The fourth-order valence-corrected chi connectivity index (χ4v) is 1.64. The number of nitrogens with one attached hydrogen (secondary N) is 3. The number of hydrogen-bond donors (Lipinski definition) is 3. The van der Waals surface area contributed by atoms with Crippen LogP contribution in [0, 0.1) is 11.8 Å². The van der Waals surface area contributed by atoms with Gasteiger partial charge in [-0.15, -0.1) is 0 Å². The van der Waals surface area contributed by atoms with Crippen molar-refractivity contribution in [2.45, 2.75) is 60.1 Å². The van der Waals surface area contributed by atoms with Gasteiger partial charge in [0.15, 0.2) is 5.96 Å². The molecule has 0 saturated heterocycles. The fourth-order valence-electron chi connectivity index (χ4n) is 1.64. The number of ether oxygens (including phenoxy) is 1. The average molecular weight is 314 g/mol. The number of nitrogens with zero attached hydrogens (tertiary/aromatic N) is 1. The second-order valence-electron chi connectivity index (χ2n) is 7.22. The minimum absolute atomic E-state index is 0.0348. The molecule has 0 fully saturated rings. The molecule has 0 saturated carbocycles. The van der Waals surface area contributed by atoms with Gasteiger partial charge in [0.2, 0.25) is 0 Å². The van der Waals surface area contributed by atoms with Gasteiger partial charge in [0.05, 0.1) is 6.04 Å². The van der Waals surface area contributed by atoms with E-state index in [-0.39, 0.29) is 12.0 Å². The third-order valence-electron chi connectivity index (χ3n) is 2.90. The molecule has 0 aliphatic heterocycles. The quantitative estimate of drug-likeness (QED) is 0.520. The summed E-state index contributed by atoms with van der Waals surface area (Å²) in [6, 6.07) is -0.0348. The van der Waals surface area contributed by atoms with Crippen LogP contribution >= 0.6 is 0 Å². The van der Waals surface area contributed by atoms with Crippen LogP contribution in [0.25, 0.3) is 0 Å². The standard InChI is InChI=1S/C16H34N4O2/c1-11(2)9-18-14(17-8)19-10-13(12(3)4)20-15(21)22-16(5,6)7/h11-13H,9-10H2,1-8H3,(H,20,21)(H2,17,18,19). The van der Waals surface area contributed by atoms with Crippen molar-refractivity contribution in [3.05, 3.63) is 0 Å². The van der Waals surface area contributed by atoms with Crippen LogP contribution in [0.1, 0.15) is 48.5 Å². The van der Waals surface area contributed by atoms with Crippen molar-refractivity contribution in [2.75, 3.05) is 20.1 Å². The molecular weight excluding hydrogens is 280 g/mol. The second-order valence-corrected chi connectivity index (χ2v) is 7.22. The molecule has 0 bridgehead atoms. The lowest BCUT2D eigenvalue weighted by molar-refractivity contribution is 0.0491. The van der Waals surface area contributed by atoms with E-state index in [0.717, 1.165) is 12.5 Å². The van der Waals surface area contributed by atoms with Gasteiger partial charge in [-0.05, 0) is 32.6 Å². The molecule has 6 heteroatoms. The molecule has 0 aromatic heterocycles. The van der Waals surface area contributed by atoms with E-state index >= 15 is 0 Å². The highest BCUT2D eigenvalue weighted by atomic mass is 16.6. The molecule has 0 aliphatic carbocycles. The van der Waals surface area contributed by atoms with Crippen molar-refractivity contribution in [3.63, 3.8) is 0 Å². The first-order valence-corrected chi connectivity index (χ1v) is 7.99. The van der Waals surface area contributed by atoms with Crippen LogP contribution in [0.15, 0.2) is 4.99 Å². The Morgan fingerprint density at radius 3 is 2.05 bits per heavy atom. The molecule has 22 heavy (non-hydrogen) atoms. The summed E-state index contributed by atoms with van der Waals surface area (Å²) >= 11 is 0. The van der Waals surface area contributed by atoms with Gasteiger partial charge in [-0.25, -0.2) is 4.79 Å². The summed E-state index contributed by atoms with van der Waals surface area (Å²) < 4.78 is 5.31. The number of carbonyl (C=O) groups excluding carboxylic acids is 1. The number of carbonyl (C=O) groups is 1. The van der Waals surface area contributed by atoms with Crippen molar-refractivity contribution in [1.82, 2.24) is 16.0 Å². The molecule has 6 nitrogen and oxygen atoms in total. The van der Waals surface area contributed by atoms with Crippen LogP contribution in [0.4, 0.5) is 4.79 Å². The van der Waals surface area contributed by atoms with Gasteiger partial charge in [0, 0.05) is 20.1 Å². The molecule has 0 spiro atoms. The summed E-state index contributed by atoms with van der Waals surface area (Å²) in [5.41, 5.74) is -0.492. The lowest BCUT2D eigenvalue weighted by Gasteiger charge is -2.26. The maximum atomic E-state index is 11.9. The van der Waals surface area contributed by atoms with Crippen molar-refractivity contribution in [2.24, 2.45) is 16.8 Å². The van der Waals surface area contributed by atoms with Crippen LogP contribution in [0.2, 0.25) is 0 Å². The highest BCUT2D eigenvalue weighted by Gasteiger charge is 2.21. The minimum atomic E-state index is -0.492. The van der Waals surface area contributed by atoms with Gasteiger partial charge in [-0.1, -0.05) is 27.7 Å². The third-order valence-corrected chi connectivity index (χ3v) is 2.90. The second kappa shape index (κ2) is 9.54. The summed E-state index contributed by atoms with van der Waals surface area (Å²) in [5, 5.41) is 9.40. The summed E-state index contributed by atoms with van der Waals surface area (Å²) in [5.74, 6) is 1.56. The SMILES string of the molecule is CN=C(NCC(C)C)NCC(NC(=O)OC(C)(C)C)C(C)C. The molecule has 0 rings (SSSR count). The zero-order valence-corrected chi connectivity index (χ0v) is 15.4. The molecule has 0 radical (unpaired) electrons. The molecule has 1 unspecified atom stereocenters. The maximum Gasteiger partial charge on any atom is 0.407 e. The predicted molar refractivity (Wildman–Crippen MR) is 92.2 cm³/mol. The molecule has 130 valence electrons. The number of guanidine groups is 1. The third kappa shape index (κ3) is 10.3. The molecule has 0 heterocycles. The Labute approximate surface area is 135 Å². The molecule has 0 aliphatic rings. The normalized spacial score (nSPS) is 14.0. The van der Waals surface area contributed by atoms with Crippen molar-refractivity contribution < 1.29 is 9.53 Å². The Hall–Kier alpha value is -1.46. The summed E-state index contributed by atoms with van der Waals surface area (Å²) in [6.07, 6.45) is -0.391. The lowest BCUT2D eigenvalue weighted by atomic mass is 10.0. The molecular formula is C16H34N4O2. The number of alkyl carbamates (subject to hydrolysis) is 1. The van der Waals surface area contributed by atoms with Gasteiger partial charge in [0.25, 0.3) is 0 Å². The zero-order chi connectivity index (χ0) is 17.3. The Balaban J connectivity index is 4.43. The molecule has 1 atom stereocenters. The van der Waals surface area contributed by atoms with E-state index < -0.39 is 11.7 Å². The van der Waals surface area contributed by atoms with Crippen LogP contribution in [-0.2, 0) is 4.74 Å². The Kier molecular flexibility index (Phi) is 8.90. The van der Waals surface area contributed by atoms with E-state index in [0.29, 0.717) is 12.5 Å². The van der Waals surface area contributed by atoms with Gasteiger partial charge in [-0.2, -0.15) is 0 Å². The van der Waals surface area contributed by atoms with E-state index in [1.807, 2.05) is 20.8 Å². The number of aliphatic imine (C=N–C) groups is 1. The van der Waals surface area contributed by atoms with Gasteiger partial charge in [-0.3, -0.25) is 4.99 Å². The Bertz CT molecular complexity index is 360. The molecule has 3 N–H and O–H groups in total. The highest BCUT2D eigenvalue weighted by Crippen LogP contribution is 2.08. The lowest BCUT2D eigenvalue weighted by Crippen LogP contribution is -2.50. The zero-order valence-electron chi connectivity index (χ0n) is 15.4. The van der Waals surface area contributed by atoms with Crippen molar-refractivity contribution >= 4 is 12.1 Å². The highest BCUT2D eigenvalue weighted by molar-refractivity contribution is 5.79. The number of hydrogen-bond acceptors (Lipinski definition) is 3. The maximum absolute atomic E-state index is 11.9. The van der Waals surface area contributed by atoms with E-state index in [4.69, 9.17) is 4.74 Å². The molecule has 0 aromatic carbocycles. The fraction of sp³-hybridized carbons (Fsp3) is 0.875. The average Bonchev–Trinajstić information content (AvgIpc) is 2.34. The summed E-state index contributed by atoms with van der Waals surface area (Å²) in [7, 11) is 1.74. The van der Waals surface area contributed by atoms with E-state index in [9.17, 15) is 4.79 Å². The largest absolute Gasteiger partial charge is 0.444 e. The van der Waals surface area contributed by atoms with Crippen LogP contribution in [0.3, 0.4) is 0 Å².